The van der Waals surface area contributed by atoms with Crippen LogP contribution in [-0.2, 0) is 16.0 Å². The lowest BCUT2D eigenvalue weighted by atomic mass is 10.1. The van der Waals surface area contributed by atoms with E-state index in [1.54, 1.807) is 24.3 Å². The summed E-state index contributed by atoms with van der Waals surface area (Å²) in [5.41, 5.74) is 1.66. The zero-order valence-electron chi connectivity index (χ0n) is 14.1. The van der Waals surface area contributed by atoms with Crippen LogP contribution in [0.3, 0.4) is 0 Å². The lowest BCUT2D eigenvalue weighted by molar-refractivity contribution is -0.141. The standard InChI is InChI=1S/C20H16N2O4/c1-26-20(25)17-11-13-7-3-5-9-16(13)22(17)19(24)14-10-12-6-2-4-8-15(12)21-18(14)23/h2-10,17H,11H2,1H3,(H,21,23)/t17-/m0/s1. The van der Waals surface area contributed by atoms with E-state index in [2.05, 4.69) is 4.98 Å². The molecular weight excluding hydrogens is 332 g/mol. The maximum absolute atomic E-state index is 13.2. The van der Waals surface area contributed by atoms with Crippen LogP contribution in [0.5, 0.6) is 0 Å². The molecule has 3 aromatic rings. The third kappa shape index (κ3) is 2.47. The molecular formula is C20H16N2O4. The first-order valence-electron chi connectivity index (χ1n) is 8.21. The first-order chi connectivity index (χ1) is 12.6. The van der Waals surface area contributed by atoms with Gasteiger partial charge in [-0.25, -0.2) is 4.79 Å². The van der Waals surface area contributed by atoms with Crippen molar-refractivity contribution in [2.75, 3.05) is 12.0 Å². The van der Waals surface area contributed by atoms with Crippen LogP contribution in [0.2, 0.25) is 0 Å². The summed E-state index contributed by atoms with van der Waals surface area (Å²) in [6.45, 7) is 0. The number of H-pyrrole nitrogens is 1. The highest BCUT2D eigenvalue weighted by Crippen LogP contribution is 2.33. The Morgan fingerprint density at radius 1 is 1.12 bits per heavy atom. The summed E-state index contributed by atoms with van der Waals surface area (Å²) in [5, 5.41) is 0.748. The summed E-state index contributed by atoms with van der Waals surface area (Å²) in [6, 6.07) is 15.3. The van der Waals surface area contributed by atoms with Crippen molar-refractivity contribution >= 4 is 28.5 Å². The summed E-state index contributed by atoms with van der Waals surface area (Å²) in [6.07, 6.45) is 0.361. The van der Waals surface area contributed by atoms with Gasteiger partial charge in [0.15, 0.2) is 0 Å². The van der Waals surface area contributed by atoms with E-state index >= 15 is 0 Å². The van der Waals surface area contributed by atoms with Gasteiger partial charge in [0.25, 0.3) is 11.5 Å². The number of fused-ring (bicyclic) bond motifs is 2. The molecule has 1 aromatic heterocycles. The third-order valence-electron chi connectivity index (χ3n) is 4.65. The van der Waals surface area contributed by atoms with Gasteiger partial charge < -0.3 is 9.72 Å². The first-order valence-corrected chi connectivity index (χ1v) is 8.21. The zero-order valence-corrected chi connectivity index (χ0v) is 14.1. The van der Waals surface area contributed by atoms with Crippen molar-refractivity contribution in [2.24, 2.45) is 0 Å². The van der Waals surface area contributed by atoms with Crippen LogP contribution in [0.15, 0.2) is 59.4 Å². The van der Waals surface area contributed by atoms with Crippen molar-refractivity contribution in [3.8, 4) is 0 Å². The highest BCUT2D eigenvalue weighted by Gasteiger charge is 2.40. The molecule has 0 saturated heterocycles. The maximum Gasteiger partial charge on any atom is 0.329 e. The fraction of sp³-hybridized carbons (Fsp3) is 0.150. The number of rotatable bonds is 2. The molecule has 26 heavy (non-hydrogen) atoms. The molecule has 1 aliphatic heterocycles. The van der Waals surface area contributed by atoms with E-state index < -0.39 is 23.5 Å². The monoisotopic (exact) mass is 348 g/mol. The van der Waals surface area contributed by atoms with Crippen LogP contribution < -0.4 is 10.5 Å². The molecule has 1 aliphatic rings. The van der Waals surface area contributed by atoms with Gasteiger partial charge in [0, 0.05) is 17.6 Å². The number of carbonyl (C=O) groups is 2. The van der Waals surface area contributed by atoms with Crippen LogP contribution >= 0.6 is 0 Å². The van der Waals surface area contributed by atoms with E-state index in [9.17, 15) is 14.4 Å². The van der Waals surface area contributed by atoms with Crippen LogP contribution in [0.4, 0.5) is 5.69 Å². The second kappa shape index (κ2) is 6.15. The summed E-state index contributed by atoms with van der Waals surface area (Å²) in [7, 11) is 1.29. The molecule has 1 N–H and O–H groups in total. The minimum atomic E-state index is -0.782. The van der Waals surface area contributed by atoms with Crippen molar-refractivity contribution in [1.29, 1.82) is 0 Å². The van der Waals surface area contributed by atoms with E-state index in [4.69, 9.17) is 4.74 Å². The number of carbonyl (C=O) groups excluding carboxylic acids is 2. The molecule has 0 bridgehead atoms. The van der Waals surface area contributed by atoms with Gasteiger partial charge in [-0.15, -0.1) is 0 Å². The van der Waals surface area contributed by atoms with Gasteiger partial charge in [-0.2, -0.15) is 0 Å². The van der Waals surface area contributed by atoms with Gasteiger partial charge in [-0.1, -0.05) is 36.4 Å². The predicted molar refractivity (Wildman–Crippen MR) is 97.3 cm³/mol. The second-order valence-electron chi connectivity index (χ2n) is 6.15. The minimum absolute atomic E-state index is 0.00527. The molecule has 6 nitrogen and oxygen atoms in total. The molecule has 2 heterocycles. The number of benzene rings is 2. The molecule has 4 rings (SSSR count). The summed E-state index contributed by atoms with van der Waals surface area (Å²) in [5.74, 6) is -1.02. The van der Waals surface area contributed by atoms with E-state index in [1.165, 1.54) is 12.0 Å². The van der Waals surface area contributed by atoms with Crippen molar-refractivity contribution in [2.45, 2.75) is 12.5 Å². The number of para-hydroxylation sites is 2. The quantitative estimate of drug-likeness (QED) is 0.721. The first kappa shape index (κ1) is 16.1. The van der Waals surface area contributed by atoms with Crippen molar-refractivity contribution in [3.63, 3.8) is 0 Å². The highest BCUT2D eigenvalue weighted by atomic mass is 16.5. The Bertz CT molecular complexity index is 1090. The molecule has 0 aliphatic carbocycles. The Balaban J connectivity index is 1.84. The number of methoxy groups -OCH3 is 1. The molecule has 1 amide bonds. The van der Waals surface area contributed by atoms with Crippen molar-refractivity contribution in [1.82, 2.24) is 4.98 Å². The third-order valence-corrected chi connectivity index (χ3v) is 4.65. The molecule has 0 spiro atoms. The number of nitrogens with zero attached hydrogens (tertiary/aromatic N) is 1. The molecule has 130 valence electrons. The summed E-state index contributed by atoms with van der Waals surface area (Å²) < 4.78 is 4.86. The summed E-state index contributed by atoms with van der Waals surface area (Å²) in [4.78, 5) is 42.0. The number of anilines is 1. The topological polar surface area (TPSA) is 79.5 Å². The lowest BCUT2D eigenvalue weighted by Gasteiger charge is -2.23. The number of aromatic nitrogens is 1. The number of amides is 1. The fourth-order valence-electron chi connectivity index (χ4n) is 3.40. The minimum Gasteiger partial charge on any atom is -0.467 e. The van der Waals surface area contributed by atoms with E-state index in [0.717, 1.165) is 10.9 Å². The molecule has 6 heteroatoms. The SMILES string of the molecule is COC(=O)[C@@H]1Cc2ccccc2N1C(=O)c1cc2ccccc2[nH]c1=O. The van der Waals surface area contributed by atoms with E-state index in [0.29, 0.717) is 17.6 Å². The van der Waals surface area contributed by atoms with Gasteiger partial charge in [0.2, 0.25) is 0 Å². The molecule has 2 aromatic carbocycles. The fourth-order valence-corrected chi connectivity index (χ4v) is 3.40. The van der Waals surface area contributed by atoms with Crippen molar-refractivity contribution < 1.29 is 14.3 Å². The van der Waals surface area contributed by atoms with Gasteiger partial charge in [-0.3, -0.25) is 14.5 Å². The predicted octanol–water partition coefficient (Wildman–Crippen LogP) is 2.27. The summed E-state index contributed by atoms with van der Waals surface area (Å²) >= 11 is 0. The Morgan fingerprint density at radius 3 is 2.65 bits per heavy atom. The zero-order chi connectivity index (χ0) is 18.3. The molecule has 1 atom stereocenters. The number of nitrogens with one attached hydrogen (secondary N) is 1. The van der Waals surface area contributed by atoms with E-state index in [1.807, 2.05) is 30.3 Å². The van der Waals surface area contributed by atoms with Crippen LogP contribution in [-0.4, -0.2) is 30.0 Å². The van der Waals surface area contributed by atoms with Gasteiger partial charge in [-0.05, 0) is 29.1 Å². The Morgan fingerprint density at radius 2 is 1.85 bits per heavy atom. The lowest BCUT2D eigenvalue weighted by Crippen LogP contribution is -2.45. The van der Waals surface area contributed by atoms with Crippen LogP contribution in [0, 0.1) is 0 Å². The van der Waals surface area contributed by atoms with Gasteiger partial charge >= 0.3 is 5.97 Å². The second-order valence-corrected chi connectivity index (χ2v) is 6.15. The Labute approximate surface area is 149 Å². The highest BCUT2D eigenvalue weighted by molar-refractivity contribution is 6.11. The molecule has 0 fully saturated rings. The smallest absolute Gasteiger partial charge is 0.329 e. The van der Waals surface area contributed by atoms with Gasteiger partial charge in [0.05, 0.1) is 7.11 Å². The van der Waals surface area contributed by atoms with Gasteiger partial charge in [0.1, 0.15) is 11.6 Å². The number of esters is 1. The number of hydrogen-bond donors (Lipinski definition) is 1. The molecule has 0 saturated carbocycles. The van der Waals surface area contributed by atoms with E-state index in [-0.39, 0.29) is 5.56 Å². The average molecular weight is 348 g/mol. The molecule has 0 radical (unpaired) electrons. The Hall–Kier alpha value is -3.41. The number of pyridine rings is 1. The average Bonchev–Trinajstić information content (AvgIpc) is 3.05. The Kier molecular flexibility index (Phi) is 3.80. The van der Waals surface area contributed by atoms with Crippen LogP contribution in [0.25, 0.3) is 10.9 Å². The maximum atomic E-state index is 13.2. The number of ether oxygens (including phenoxy) is 1. The van der Waals surface area contributed by atoms with Crippen molar-refractivity contribution in [3.05, 3.63) is 76.1 Å². The normalized spacial score (nSPS) is 15.7. The van der Waals surface area contributed by atoms with Crippen LogP contribution in [0.1, 0.15) is 15.9 Å². The largest absolute Gasteiger partial charge is 0.467 e. The number of aromatic amines is 1. The number of hydrogen-bond acceptors (Lipinski definition) is 4. The molecule has 0 unspecified atom stereocenters.